The van der Waals surface area contributed by atoms with Crippen LogP contribution in [-0.4, -0.2) is 48.0 Å². The van der Waals surface area contributed by atoms with E-state index in [0.717, 1.165) is 49.9 Å². The van der Waals surface area contributed by atoms with Gasteiger partial charge in [-0.25, -0.2) is 9.59 Å². The molecule has 1 rings (SSSR count). The Morgan fingerprint density at radius 1 is 0.861 bits per heavy atom. The van der Waals surface area contributed by atoms with Crippen LogP contribution in [-0.2, 0) is 4.74 Å². The molecular weight excluding hydrogens is 474 g/mol. The molecule has 0 aliphatic rings. The Hall–Kier alpha value is -2.09. The number of unbranched alkanes of at least 4 members (excludes halogenated alkanes) is 7. The number of nitrogens with zero attached hydrogens (tertiary/aromatic N) is 1. The van der Waals surface area contributed by atoms with Gasteiger partial charge in [0.05, 0.1) is 10.4 Å². The molecule has 36 heavy (non-hydrogen) atoms. The largest absolute Gasteiger partial charge is 0.456 e. The predicted molar refractivity (Wildman–Crippen MR) is 150 cm³/mol. The molecule has 0 aliphatic heterocycles. The second-order valence-electron chi connectivity index (χ2n) is 10.4. The molecule has 0 saturated heterocycles. The van der Waals surface area contributed by atoms with Crippen LogP contribution in [0, 0.1) is 6.92 Å². The Bertz CT molecular complexity index is 821. The van der Waals surface area contributed by atoms with Crippen molar-refractivity contribution in [2.75, 3.05) is 25.0 Å². The summed E-state index contributed by atoms with van der Waals surface area (Å²) in [7, 11) is 0. The summed E-state index contributed by atoms with van der Waals surface area (Å²) < 4.78 is 5.63. The van der Waals surface area contributed by atoms with E-state index < -0.39 is 11.6 Å². The molecule has 0 aliphatic carbocycles. The molecule has 0 fully saturated rings. The summed E-state index contributed by atoms with van der Waals surface area (Å²) in [5, 5.41) is 6.07. The van der Waals surface area contributed by atoms with E-state index >= 15 is 0 Å². The van der Waals surface area contributed by atoms with Gasteiger partial charge in [0.25, 0.3) is 5.91 Å². The first-order valence-corrected chi connectivity index (χ1v) is 14.6. The Balaban J connectivity index is 3.08. The monoisotopic (exact) mass is 523 g/mol. The van der Waals surface area contributed by atoms with Gasteiger partial charge in [-0.3, -0.25) is 10.1 Å². The lowest BCUT2D eigenvalue weighted by molar-refractivity contribution is 0.00705. The quantitative estimate of drug-likeness (QED) is 0.173. The Kier molecular flexibility index (Phi) is 14.7. The van der Waals surface area contributed by atoms with E-state index in [4.69, 9.17) is 4.74 Å². The Labute approximate surface area is 222 Å². The van der Waals surface area contributed by atoms with Crippen LogP contribution in [0.15, 0.2) is 0 Å². The van der Waals surface area contributed by atoms with Crippen LogP contribution in [0.25, 0.3) is 0 Å². The van der Waals surface area contributed by atoms with E-state index in [1.807, 2.05) is 4.90 Å². The van der Waals surface area contributed by atoms with Crippen LogP contribution >= 0.6 is 11.3 Å². The van der Waals surface area contributed by atoms with Crippen molar-refractivity contribution >= 4 is 34.2 Å². The molecule has 0 atom stereocenters. The molecule has 2 N–H and O–H groups in total. The number of ether oxygens (including phenoxy) is 1. The third kappa shape index (κ3) is 11.3. The van der Waals surface area contributed by atoms with Crippen molar-refractivity contribution in [1.82, 2.24) is 10.2 Å². The summed E-state index contributed by atoms with van der Waals surface area (Å²) in [6.45, 7) is 15.5. The maximum absolute atomic E-state index is 13.5. The van der Waals surface area contributed by atoms with Crippen LogP contribution in [0.4, 0.5) is 9.80 Å². The van der Waals surface area contributed by atoms with E-state index in [1.54, 1.807) is 27.7 Å². The highest BCUT2D eigenvalue weighted by atomic mass is 32.1. The molecule has 1 aromatic rings. The van der Waals surface area contributed by atoms with Gasteiger partial charge < -0.3 is 15.0 Å². The smallest absolute Gasteiger partial charge is 0.341 e. The number of carbonyl (C=O) groups is 3. The third-order valence-corrected chi connectivity index (χ3v) is 7.03. The first-order valence-electron chi connectivity index (χ1n) is 13.8. The number of anilines is 1. The normalized spacial score (nSPS) is 11.3. The van der Waals surface area contributed by atoms with Crippen molar-refractivity contribution in [3.63, 3.8) is 0 Å². The predicted octanol–water partition coefficient (Wildman–Crippen LogP) is 7.54. The van der Waals surface area contributed by atoms with E-state index in [1.165, 1.54) is 25.7 Å². The van der Waals surface area contributed by atoms with Crippen LogP contribution < -0.4 is 10.6 Å². The highest BCUT2D eigenvalue weighted by molar-refractivity contribution is 7.18. The second-order valence-corrected chi connectivity index (χ2v) is 11.4. The SMILES string of the molecule is CCCCCCCCNC(=O)Nc1sc(C(=O)N(CCCC)CCCC)c(C)c1C(=O)OC(C)(C)C. The molecule has 0 spiro atoms. The number of carbonyl (C=O) groups excluding carboxylic acids is 3. The Morgan fingerprint density at radius 2 is 1.42 bits per heavy atom. The second kappa shape index (κ2) is 16.6. The average Bonchev–Trinajstić information content (AvgIpc) is 3.12. The van der Waals surface area contributed by atoms with Gasteiger partial charge in [-0.2, -0.15) is 0 Å². The van der Waals surface area contributed by atoms with Gasteiger partial charge in [0, 0.05) is 19.6 Å². The topological polar surface area (TPSA) is 87.7 Å². The zero-order valence-electron chi connectivity index (χ0n) is 23.7. The number of nitrogens with one attached hydrogen (secondary N) is 2. The fourth-order valence-electron chi connectivity index (χ4n) is 3.79. The molecule has 0 unspecified atom stereocenters. The summed E-state index contributed by atoms with van der Waals surface area (Å²) in [6.07, 6.45) is 10.7. The van der Waals surface area contributed by atoms with Gasteiger partial charge >= 0.3 is 12.0 Å². The van der Waals surface area contributed by atoms with E-state index in [0.29, 0.717) is 35.1 Å². The molecule has 0 aromatic carbocycles. The van der Waals surface area contributed by atoms with Gasteiger partial charge in [0.1, 0.15) is 10.6 Å². The number of thiophene rings is 1. The lowest BCUT2D eigenvalue weighted by Crippen LogP contribution is -2.33. The van der Waals surface area contributed by atoms with Crippen LogP contribution in [0.2, 0.25) is 0 Å². The van der Waals surface area contributed by atoms with E-state index in [-0.39, 0.29) is 17.5 Å². The minimum Gasteiger partial charge on any atom is -0.456 e. The van der Waals surface area contributed by atoms with Crippen molar-refractivity contribution in [3.05, 3.63) is 16.0 Å². The van der Waals surface area contributed by atoms with Crippen LogP contribution in [0.3, 0.4) is 0 Å². The number of esters is 1. The van der Waals surface area contributed by atoms with Crippen molar-refractivity contribution in [2.45, 2.75) is 118 Å². The first kappa shape index (κ1) is 31.9. The van der Waals surface area contributed by atoms with Crippen LogP contribution in [0.5, 0.6) is 0 Å². The molecule has 0 radical (unpaired) electrons. The summed E-state index contributed by atoms with van der Waals surface area (Å²) >= 11 is 1.16. The first-order chi connectivity index (χ1) is 17.1. The van der Waals surface area contributed by atoms with Crippen molar-refractivity contribution in [3.8, 4) is 0 Å². The lowest BCUT2D eigenvalue weighted by atomic mass is 10.1. The van der Waals surface area contributed by atoms with Gasteiger partial charge in [-0.05, 0) is 52.5 Å². The number of urea groups is 1. The van der Waals surface area contributed by atoms with Crippen molar-refractivity contribution in [2.24, 2.45) is 0 Å². The highest BCUT2D eigenvalue weighted by Gasteiger charge is 2.30. The van der Waals surface area contributed by atoms with Crippen molar-refractivity contribution < 1.29 is 19.1 Å². The molecular formula is C28H49N3O4S. The fourth-order valence-corrected chi connectivity index (χ4v) is 4.95. The molecule has 0 saturated carbocycles. The average molecular weight is 524 g/mol. The summed E-state index contributed by atoms with van der Waals surface area (Å²) in [4.78, 5) is 41.6. The standard InChI is InChI=1S/C28H49N3O4S/c1-8-11-14-15-16-17-18-29-27(34)30-24-22(26(33)35-28(5,6)7)21(4)23(36-24)25(32)31(19-12-9-2)20-13-10-3/h8-20H2,1-7H3,(H2,29,30,34). The van der Waals surface area contributed by atoms with Gasteiger partial charge in [-0.15, -0.1) is 11.3 Å². The summed E-state index contributed by atoms with van der Waals surface area (Å²) in [6, 6.07) is -0.373. The molecule has 8 heteroatoms. The van der Waals surface area contributed by atoms with Gasteiger partial charge in [0.15, 0.2) is 0 Å². The number of rotatable bonds is 16. The third-order valence-electron chi connectivity index (χ3n) is 5.84. The summed E-state index contributed by atoms with van der Waals surface area (Å²) in [5.74, 6) is -0.625. The Morgan fingerprint density at radius 3 is 1.97 bits per heavy atom. The number of amides is 3. The summed E-state index contributed by atoms with van der Waals surface area (Å²) in [5.41, 5.74) is 0.128. The minimum absolute atomic E-state index is 0.0928. The molecule has 3 amide bonds. The molecule has 1 aromatic heterocycles. The fraction of sp³-hybridized carbons (Fsp3) is 0.750. The maximum atomic E-state index is 13.5. The molecule has 0 bridgehead atoms. The number of hydrogen-bond acceptors (Lipinski definition) is 5. The molecule has 1 heterocycles. The molecule has 7 nitrogen and oxygen atoms in total. The zero-order chi connectivity index (χ0) is 27.1. The van der Waals surface area contributed by atoms with E-state index in [2.05, 4.69) is 31.4 Å². The maximum Gasteiger partial charge on any atom is 0.341 e. The van der Waals surface area contributed by atoms with Gasteiger partial charge in [0.2, 0.25) is 0 Å². The van der Waals surface area contributed by atoms with Gasteiger partial charge in [-0.1, -0.05) is 65.7 Å². The zero-order valence-corrected chi connectivity index (χ0v) is 24.5. The minimum atomic E-state index is -0.693. The van der Waals surface area contributed by atoms with E-state index in [9.17, 15) is 14.4 Å². The highest BCUT2D eigenvalue weighted by Crippen LogP contribution is 2.35. The lowest BCUT2D eigenvalue weighted by Gasteiger charge is -2.22. The molecule has 206 valence electrons. The van der Waals surface area contributed by atoms with Crippen molar-refractivity contribution in [1.29, 1.82) is 0 Å². The number of hydrogen-bond donors (Lipinski definition) is 2. The van der Waals surface area contributed by atoms with Crippen LogP contribution in [0.1, 0.15) is 131 Å².